The summed E-state index contributed by atoms with van der Waals surface area (Å²) in [6, 6.07) is 12.5. The molecule has 1 amide bonds. The molecule has 2 N–H and O–H groups in total. The molecule has 0 saturated heterocycles. The minimum atomic E-state index is -3.43. The van der Waals surface area contributed by atoms with Crippen molar-refractivity contribution in [3.05, 3.63) is 70.6 Å². The van der Waals surface area contributed by atoms with Gasteiger partial charge in [-0.15, -0.1) is 0 Å². The molecule has 0 spiro atoms. The molecule has 9 heteroatoms. The van der Waals surface area contributed by atoms with Gasteiger partial charge in [0.25, 0.3) is 11.5 Å². The Hall–Kier alpha value is -3.17. The van der Waals surface area contributed by atoms with E-state index in [2.05, 4.69) is 0 Å². The Morgan fingerprint density at radius 3 is 2.64 bits per heavy atom. The monoisotopic (exact) mass is 402 g/mol. The standard InChI is InChI=1S/C19H18N2O6S/c1-28(25,26)17-5-3-2-4-16(17)27-11-10-21-9-8-13-6-7-14(18(22)20-24)12-15(13)19(21)23/h2-9,12,24H,10-11H2,1H3,(H,20,22). The summed E-state index contributed by atoms with van der Waals surface area (Å²) in [5.41, 5.74) is 1.36. The van der Waals surface area contributed by atoms with Crippen LogP contribution in [0.1, 0.15) is 10.4 Å². The minimum absolute atomic E-state index is 0.0781. The number of carbonyl (C=O) groups is 1. The number of amides is 1. The van der Waals surface area contributed by atoms with Gasteiger partial charge in [0.2, 0.25) is 0 Å². The second kappa shape index (κ2) is 7.83. The molecule has 0 bridgehead atoms. The molecule has 0 atom stereocenters. The highest BCUT2D eigenvalue weighted by Crippen LogP contribution is 2.23. The van der Waals surface area contributed by atoms with Crippen molar-refractivity contribution < 1.29 is 23.2 Å². The van der Waals surface area contributed by atoms with Crippen molar-refractivity contribution in [2.24, 2.45) is 0 Å². The average Bonchev–Trinajstić information content (AvgIpc) is 2.68. The van der Waals surface area contributed by atoms with Crippen LogP contribution in [0.25, 0.3) is 10.8 Å². The van der Waals surface area contributed by atoms with Crippen LogP contribution in [0.3, 0.4) is 0 Å². The summed E-state index contributed by atoms with van der Waals surface area (Å²) < 4.78 is 30.6. The van der Waals surface area contributed by atoms with Crippen molar-refractivity contribution >= 4 is 26.5 Å². The SMILES string of the molecule is CS(=O)(=O)c1ccccc1OCCn1ccc2ccc(C(=O)NO)cc2c1=O. The number of rotatable bonds is 6. The van der Waals surface area contributed by atoms with Crippen LogP contribution < -0.4 is 15.8 Å². The van der Waals surface area contributed by atoms with E-state index in [1.165, 1.54) is 28.2 Å². The number of aromatic nitrogens is 1. The number of hydrogen-bond donors (Lipinski definition) is 2. The fourth-order valence-electron chi connectivity index (χ4n) is 2.79. The first-order valence-corrected chi connectivity index (χ1v) is 10.2. The van der Waals surface area contributed by atoms with Gasteiger partial charge in [0.1, 0.15) is 17.3 Å². The van der Waals surface area contributed by atoms with E-state index in [0.717, 1.165) is 6.26 Å². The van der Waals surface area contributed by atoms with Gasteiger partial charge in [-0.05, 0) is 35.7 Å². The number of carbonyl (C=O) groups excluding carboxylic acids is 1. The predicted octanol–water partition coefficient (Wildman–Crippen LogP) is 1.60. The second-order valence-electron chi connectivity index (χ2n) is 6.12. The molecule has 28 heavy (non-hydrogen) atoms. The van der Waals surface area contributed by atoms with E-state index < -0.39 is 15.7 Å². The molecule has 0 aliphatic carbocycles. The molecule has 3 aromatic rings. The van der Waals surface area contributed by atoms with Gasteiger partial charge in [0.05, 0.1) is 6.54 Å². The Balaban J connectivity index is 1.83. The summed E-state index contributed by atoms with van der Waals surface area (Å²) in [6.45, 7) is 0.262. The summed E-state index contributed by atoms with van der Waals surface area (Å²) in [7, 11) is -3.43. The fourth-order valence-corrected chi connectivity index (χ4v) is 3.61. The molecule has 0 saturated carbocycles. The lowest BCUT2D eigenvalue weighted by Crippen LogP contribution is -2.24. The second-order valence-corrected chi connectivity index (χ2v) is 8.11. The summed E-state index contributed by atoms with van der Waals surface area (Å²) >= 11 is 0. The quantitative estimate of drug-likeness (QED) is 0.478. The molecule has 1 aromatic heterocycles. The molecule has 0 unspecified atom stereocenters. The lowest BCUT2D eigenvalue weighted by atomic mass is 10.1. The molecule has 0 aliphatic heterocycles. The van der Waals surface area contributed by atoms with Crippen LogP contribution in [0.5, 0.6) is 5.75 Å². The molecule has 8 nitrogen and oxygen atoms in total. The summed E-state index contributed by atoms with van der Waals surface area (Å²) in [5, 5.41) is 9.72. The minimum Gasteiger partial charge on any atom is -0.490 e. The molecular weight excluding hydrogens is 384 g/mol. The third-order valence-corrected chi connectivity index (χ3v) is 5.32. The van der Waals surface area contributed by atoms with Gasteiger partial charge in [0, 0.05) is 23.4 Å². The Kier molecular flexibility index (Phi) is 5.48. The Morgan fingerprint density at radius 2 is 1.93 bits per heavy atom. The van der Waals surface area contributed by atoms with Gasteiger partial charge in [-0.1, -0.05) is 18.2 Å². The molecule has 1 heterocycles. The Bertz CT molecular complexity index is 1200. The van der Waals surface area contributed by atoms with Crippen LogP contribution in [0.15, 0.2) is 64.4 Å². The zero-order valence-corrected chi connectivity index (χ0v) is 15.8. The third kappa shape index (κ3) is 4.05. The lowest BCUT2D eigenvalue weighted by molar-refractivity contribution is 0.0706. The van der Waals surface area contributed by atoms with Crippen LogP contribution in [0, 0.1) is 0 Å². The smallest absolute Gasteiger partial charge is 0.274 e. The van der Waals surface area contributed by atoms with Crippen molar-refractivity contribution in [3.8, 4) is 5.75 Å². The third-order valence-electron chi connectivity index (χ3n) is 4.18. The van der Waals surface area contributed by atoms with Crippen molar-refractivity contribution in [3.63, 3.8) is 0 Å². The molecule has 0 aliphatic rings. The van der Waals surface area contributed by atoms with E-state index in [1.807, 2.05) is 0 Å². The molecule has 3 rings (SSSR count). The number of nitrogens with zero attached hydrogens (tertiary/aromatic N) is 1. The summed E-state index contributed by atoms with van der Waals surface area (Å²) in [4.78, 5) is 24.3. The van der Waals surface area contributed by atoms with E-state index in [0.29, 0.717) is 10.8 Å². The van der Waals surface area contributed by atoms with Gasteiger partial charge in [-0.2, -0.15) is 0 Å². The van der Waals surface area contributed by atoms with Crippen LogP contribution in [-0.4, -0.2) is 37.0 Å². The number of para-hydroxylation sites is 1. The molecule has 2 aromatic carbocycles. The van der Waals surface area contributed by atoms with Gasteiger partial charge in [-0.3, -0.25) is 14.8 Å². The number of pyridine rings is 1. The molecule has 146 valence electrons. The molecule has 0 radical (unpaired) electrons. The first-order valence-electron chi connectivity index (χ1n) is 8.31. The van der Waals surface area contributed by atoms with Crippen molar-refractivity contribution in [1.82, 2.24) is 10.0 Å². The average molecular weight is 402 g/mol. The Labute approximate surface area is 160 Å². The maximum Gasteiger partial charge on any atom is 0.274 e. The molecular formula is C19H18N2O6S. The van der Waals surface area contributed by atoms with Crippen molar-refractivity contribution in [2.75, 3.05) is 12.9 Å². The number of hydrogen-bond acceptors (Lipinski definition) is 6. The number of hydroxylamine groups is 1. The van der Waals surface area contributed by atoms with E-state index in [-0.39, 0.29) is 34.9 Å². The van der Waals surface area contributed by atoms with Crippen LogP contribution in [-0.2, 0) is 16.4 Å². The lowest BCUT2D eigenvalue weighted by Gasteiger charge is -2.12. The summed E-state index contributed by atoms with van der Waals surface area (Å²) in [5.74, 6) is -0.488. The first-order chi connectivity index (χ1) is 13.3. The first kappa shape index (κ1) is 19.6. The van der Waals surface area contributed by atoms with Crippen LogP contribution in [0.2, 0.25) is 0 Å². The van der Waals surface area contributed by atoms with E-state index in [9.17, 15) is 18.0 Å². The van der Waals surface area contributed by atoms with E-state index in [4.69, 9.17) is 9.94 Å². The normalized spacial score (nSPS) is 11.4. The van der Waals surface area contributed by atoms with Crippen LogP contribution >= 0.6 is 0 Å². The maximum absolute atomic E-state index is 12.7. The number of nitrogens with one attached hydrogen (secondary N) is 1. The number of sulfone groups is 1. The zero-order valence-electron chi connectivity index (χ0n) is 15.0. The highest BCUT2D eigenvalue weighted by molar-refractivity contribution is 7.90. The fraction of sp³-hybridized carbons (Fsp3) is 0.158. The number of fused-ring (bicyclic) bond motifs is 1. The Morgan fingerprint density at radius 1 is 1.18 bits per heavy atom. The van der Waals surface area contributed by atoms with E-state index >= 15 is 0 Å². The van der Waals surface area contributed by atoms with Gasteiger partial charge in [0.15, 0.2) is 9.84 Å². The van der Waals surface area contributed by atoms with Crippen LogP contribution in [0.4, 0.5) is 0 Å². The largest absolute Gasteiger partial charge is 0.490 e. The van der Waals surface area contributed by atoms with Gasteiger partial charge in [-0.25, -0.2) is 13.9 Å². The van der Waals surface area contributed by atoms with Gasteiger partial charge >= 0.3 is 0 Å². The number of benzene rings is 2. The van der Waals surface area contributed by atoms with Crippen molar-refractivity contribution in [1.29, 1.82) is 0 Å². The van der Waals surface area contributed by atoms with Crippen molar-refractivity contribution in [2.45, 2.75) is 11.4 Å². The highest BCUT2D eigenvalue weighted by atomic mass is 32.2. The van der Waals surface area contributed by atoms with Gasteiger partial charge < -0.3 is 9.30 Å². The van der Waals surface area contributed by atoms with E-state index in [1.54, 1.807) is 36.5 Å². The maximum atomic E-state index is 12.7. The molecule has 0 fully saturated rings. The number of ether oxygens (including phenoxy) is 1. The predicted molar refractivity (Wildman–Crippen MR) is 103 cm³/mol. The highest BCUT2D eigenvalue weighted by Gasteiger charge is 2.14. The topological polar surface area (TPSA) is 115 Å². The summed E-state index contributed by atoms with van der Waals surface area (Å²) in [6.07, 6.45) is 2.70. The zero-order chi connectivity index (χ0) is 20.3.